The topological polar surface area (TPSA) is 26.8 Å². The fourth-order valence-electron chi connectivity index (χ4n) is 4.59. The van der Waals surface area contributed by atoms with Crippen LogP contribution >= 0.6 is 0 Å². The molecule has 0 bridgehead atoms. The van der Waals surface area contributed by atoms with Crippen LogP contribution < -0.4 is 0 Å². The minimum Gasteiger partial charge on any atom is -0.340 e. The number of likely N-dealkylation sites (N-methyl/N-ethyl adjacent to an activating group) is 1. The second kappa shape index (κ2) is 7.46. The van der Waals surface area contributed by atoms with Gasteiger partial charge in [-0.05, 0) is 44.3 Å². The number of rotatable bonds is 4. The number of carbonyl (C=O) groups excluding carboxylic acids is 1. The molecule has 1 aromatic carbocycles. The summed E-state index contributed by atoms with van der Waals surface area (Å²) in [5, 5.41) is 0. The molecule has 0 unspecified atom stereocenters. The molecule has 0 radical (unpaired) electrons. The normalized spacial score (nSPS) is 31.1. The molecule has 3 aliphatic rings. The Kier molecular flexibility index (Phi) is 5.09. The van der Waals surface area contributed by atoms with E-state index in [9.17, 15) is 4.79 Å². The minimum absolute atomic E-state index is 0.235. The molecule has 0 spiro atoms. The van der Waals surface area contributed by atoms with Crippen LogP contribution in [0.2, 0.25) is 0 Å². The van der Waals surface area contributed by atoms with Crippen molar-refractivity contribution in [2.24, 2.45) is 5.92 Å². The van der Waals surface area contributed by atoms with Crippen LogP contribution in [-0.2, 0) is 4.79 Å². The Morgan fingerprint density at radius 1 is 1.04 bits per heavy atom. The van der Waals surface area contributed by atoms with Gasteiger partial charge in [0.05, 0.1) is 0 Å². The highest BCUT2D eigenvalue weighted by atomic mass is 16.2. The molecule has 2 aliphatic heterocycles. The van der Waals surface area contributed by atoms with E-state index in [2.05, 4.69) is 46.0 Å². The van der Waals surface area contributed by atoms with Crippen LogP contribution in [0.3, 0.4) is 0 Å². The van der Waals surface area contributed by atoms with Crippen LogP contribution in [0, 0.1) is 5.92 Å². The Bertz CT molecular complexity index is 582. The van der Waals surface area contributed by atoms with E-state index in [1.165, 1.54) is 37.9 Å². The molecule has 1 aliphatic carbocycles. The highest BCUT2D eigenvalue weighted by Gasteiger charge is 2.46. The zero-order valence-corrected chi connectivity index (χ0v) is 15.4. The monoisotopic (exact) mass is 341 g/mol. The third-order valence-electron chi connectivity index (χ3n) is 6.41. The summed E-state index contributed by atoms with van der Waals surface area (Å²) in [7, 11) is 2.26. The Hall–Kier alpha value is -1.39. The Morgan fingerprint density at radius 2 is 1.80 bits per heavy atom. The van der Waals surface area contributed by atoms with E-state index in [0.29, 0.717) is 17.9 Å². The number of benzene rings is 1. The molecule has 4 heteroatoms. The predicted molar refractivity (Wildman–Crippen MR) is 101 cm³/mol. The number of carbonyl (C=O) groups is 1. The molecule has 3 fully saturated rings. The zero-order valence-electron chi connectivity index (χ0n) is 15.4. The lowest BCUT2D eigenvalue weighted by atomic mass is 10.0. The summed E-state index contributed by atoms with van der Waals surface area (Å²) >= 11 is 0. The molecule has 0 aromatic heterocycles. The van der Waals surface area contributed by atoms with Gasteiger partial charge in [0.15, 0.2) is 0 Å². The predicted octanol–water partition coefficient (Wildman–Crippen LogP) is 2.42. The maximum absolute atomic E-state index is 12.8. The fraction of sp³-hybridized carbons (Fsp3) is 0.667. The first-order valence-corrected chi connectivity index (χ1v) is 9.98. The van der Waals surface area contributed by atoms with E-state index in [1.807, 2.05) is 6.07 Å². The number of amides is 1. The lowest BCUT2D eigenvalue weighted by Crippen LogP contribution is -2.53. The van der Waals surface area contributed by atoms with Gasteiger partial charge in [0.1, 0.15) is 0 Å². The van der Waals surface area contributed by atoms with Crippen molar-refractivity contribution >= 4 is 5.91 Å². The molecule has 1 amide bonds. The SMILES string of the molecule is CN1CCCC[C@@H]1CN1CCN(C(=O)[C@H]2C[C@@H]2c2ccccc2)CC1. The molecule has 2 saturated heterocycles. The third kappa shape index (κ3) is 3.90. The maximum Gasteiger partial charge on any atom is 0.226 e. The third-order valence-corrected chi connectivity index (χ3v) is 6.41. The minimum atomic E-state index is 0.235. The van der Waals surface area contributed by atoms with Gasteiger partial charge in [-0.25, -0.2) is 0 Å². The van der Waals surface area contributed by atoms with Crippen LogP contribution in [0.1, 0.15) is 37.2 Å². The average molecular weight is 341 g/mol. The summed E-state index contributed by atoms with van der Waals surface area (Å²) < 4.78 is 0. The molecule has 1 aromatic rings. The Morgan fingerprint density at radius 3 is 2.52 bits per heavy atom. The Labute approximate surface area is 151 Å². The van der Waals surface area contributed by atoms with E-state index < -0.39 is 0 Å². The molecule has 2 heterocycles. The van der Waals surface area contributed by atoms with Crippen molar-refractivity contribution in [3.05, 3.63) is 35.9 Å². The lowest BCUT2D eigenvalue weighted by Gasteiger charge is -2.40. The molecule has 25 heavy (non-hydrogen) atoms. The smallest absolute Gasteiger partial charge is 0.226 e. The molecule has 136 valence electrons. The van der Waals surface area contributed by atoms with Crippen LogP contribution in [0.15, 0.2) is 30.3 Å². The number of hydrogen-bond acceptors (Lipinski definition) is 3. The average Bonchev–Trinajstić information content (AvgIpc) is 3.45. The van der Waals surface area contributed by atoms with E-state index in [-0.39, 0.29) is 5.92 Å². The molecule has 3 atom stereocenters. The van der Waals surface area contributed by atoms with Gasteiger partial charge in [0.2, 0.25) is 5.91 Å². The standard InChI is InChI=1S/C21H31N3O/c1-22-10-6-5-9-18(22)16-23-11-13-24(14-12-23)21(25)20-15-19(20)17-7-3-2-4-8-17/h2-4,7-8,18-20H,5-6,9-16H2,1H3/t18-,19-,20+/m1/s1. The van der Waals surface area contributed by atoms with Gasteiger partial charge in [0.25, 0.3) is 0 Å². The van der Waals surface area contributed by atoms with E-state index in [0.717, 1.165) is 32.6 Å². The largest absolute Gasteiger partial charge is 0.340 e. The Balaban J connectivity index is 1.24. The van der Waals surface area contributed by atoms with E-state index >= 15 is 0 Å². The van der Waals surface area contributed by atoms with Gasteiger partial charge >= 0.3 is 0 Å². The summed E-state index contributed by atoms with van der Waals surface area (Å²) in [6.45, 7) is 6.32. The van der Waals surface area contributed by atoms with Crippen molar-refractivity contribution in [3.8, 4) is 0 Å². The van der Waals surface area contributed by atoms with Crippen molar-refractivity contribution in [1.82, 2.24) is 14.7 Å². The van der Waals surface area contributed by atoms with Gasteiger partial charge in [-0.2, -0.15) is 0 Å². The van der Waals surface area contributed by atoms with Crippen LogP contribution in [-0.4, -0.2) is 73.0 Å². The van der Waals surface area contributed by atoms with Gasteiger partial charge in [-0.1, -0.05) is 36.8 Å². The van der Waals surface area contributed by atoms with Crippen molar-refractivity contribution in [2.45, 2.75) is 37.6 Å². The molecule has 1 saturated carbocycles. The fourth-order valence-corrected chi connectivity index (χ4v) is 4.59. The summed E-state index contributed by atoms with van der Waals surface area (Å²) in [6.07, 6.45) is 5.08. The molecule has 0 N–H and O–H groups in total. The second-order valence-corrected chi connectivity index (χ2v) is 8.12. The van der Waals surface area contributed by atoms with Crippen molar-refractivity contribution < 1.29 is 4.79 Å². The first-order valence-electron chi connectivity index (χ1n) is 9.98. The number of nitrogens with zero attached hydrogens (tertiary/aromatic N) is 3. The van der Waals surface area contributed by atoms with Gasteiger partial charge in [-0.3, -0.25) is 9.69 Å². The van der Waals surface area contributed by atoms with E-state index in [1.54, 1.807) is 0 Å². The van der Waals surface area contributed by atoms with Gasteiger partial charge in [0, 0.05) is 44.7 Å². The van der Waals surface area contributed by atoms with Crippen molar-refractivity contribution in [1.29, 1.82) is 0 Å². The maximum atomic E-state index is 12.8. The quantitative estimate of drug-likeness (QED) is 0.841. The number of hydrogen-bond donors (Lipinski definition) is 0. The van der Waals surface area contributed by atoms with Crippen LogP contribution in [0.4, 0.5) is 0 Å². The first kappa shape index (κ1) is 17.0. The van der Waals surface area contributed by atoms with Crippen LogP contribution in [0.25, 0.3) is 0 Å². The van der Waals surface area contributed by atoms with Crippen molar-refractivity contribution in [3.63, 3.8) is 0 Å². The van der Waals surface area contributed by atoms with Crippen LogP contribution in [0.5, 0.6) is 0 Å². The van der Waals surface area contributed by atoms with Crippen molar-refractivity contribution in [2.75, 3.05) is 46.3 Å². The summed E-state index contributed by atoms with van der Waals surface area (Å²) in [4.78, 5) is 20.0. The number of piperazine rings is 1. The summed E-state index contributed by atoms with van der Waals surface area (Å²) in [5.74, 6) is 1.09. The lowest BCUT2D eigenvalue weighted by molar-refractivity contribution is -0.134. The zero-order chi connectivity index (χ0) is 17.2. The molecule has 4 nitrogen and oxygen atoms in total. The summed E-state index contributed by atoms with van der Waals surface area (Å²) in [5.41, 5.74) is 1.33. The molecule has 4 rings (SSSR count). The molecular weight excluding hydrogens is 310 g/mol. The first-order chi connectivity index (χ1) is 12.2. The highest BCUT2D eigenvalue weighted by molar-refractivity contribution is 5.83. The summed E-state index contributed by atoms with van der Waals surface area (Å²) in [6, 6.07) is 11.2. The van der Waals surface area contributed by atoms with Gasteiger partial charge < -0.3 is 9.80 Å². The molecular formula is C21H31N3O. The number of piperidine rings is 1. The highest BCUT2D eigenvalue weighted by Crippen LogP contribution is 2.48. The van der Waals surface area contributed by atoms with Gasteiger partial charge in [-0.15, -0.1) is 0 Å². The second-order valence-electron chi connectivity index (χ2n) is 8.12. The number of likely N-dealkylation sites (tertiary alicyclic amines) is 1. The van der Waals surface area contributed by atoms with E-state index in [4.69, 9.17) is 0 Å².